The van der Waals surface area contributed by atoms with Gasteiger partial charge in [0.2, 0.25) is 0 Å². The third-order valence-electron chi connectivity index (χ3n) is 5.33. The third kappa shape index (κ3) is 3.39. The topological polar surface area (TPSA) is 94.2 Å². The molecule has 2 aromatic carbocycles. The van der Waals surface area contributed by atoms with Crippen molar-refractivity contribution in [3.63, 3.8) is 0 Å². The van der Waals surface area contributed by atoms with Crippen LogP contribution in [0.1, 0.15) is 23.0 Å². The van der Waals surface area contributed by atoms with Crippen LogP contribution in [-0.2, 0) is 9.84 Å². The van der Waals surface area contributed by atoms with Crippen LogP contribution in [0.25, 0.3) is 22.2 Å². The van der Waals surface area contributed by atoms with Gasteiger partial charge in [0.05, 0.1) is 23.8 Å². The summed E-state index contributed by atoms with van der Waals surface area (Å²) in [6.45, 7) is 0. The second-order valence-corrected chi connectivity index (χ2v) is 9.60. The first-order valence-electron chi connectivity index (χ1n) is 9.63. The second kappa shape index (κ2) is 7.14. The number of benzene rings is 2. The Kier molecular flexibility index (Phi) is 4.43. The highest BCUT2D eigenvalue weighted by Crippen LogP contribution is 2.31. The van der Waals surface area contributed by atoms with Crippen molar-refractivity contribution in [3.05, 3.63) is 72.6 Å². The molecule has 1 aliphatic heterocycles. The van der Waals surface area contributed by atoms with Crippen LogP contribution >= 0.6 is 0 Å². The standard InChI is InChI=1S/C22H19N3O4S/c26-22(23-18-8-3-6-15-5-1-2-7-17(15)18)19-13-20(21-9-4-11-29-21)25(24-19)16-10-12-30(27,28)14-16/h1-9,11,13,16H,10,12,14H2,(H,23,26). The minimum atomic E-state index is -3.11. The van der Waals surface area contributed by atoms with Gasteiger partial charge in [-0.3, -0.25) is 9.48 Å². The molecule has 30 heavy (non-hydrogen) atoms. The van der Waals surface area contributed by atoms with Crippen LogP contribution in [-0.4, -0.2) is 35.6 Å². The number of hydrogen-bond acceptors (Lipinski definition) is 5. The number of aromatic nitrogens is 2. The van der Waals surface area contributed by atoms with Crippen LogP contribution < -0.4 is 5.32 Å². The summed E-state index contributed by atoms with van der Waals surface area (Å²) < 4.78 is 31.1. The lowest BCUT2D eigenvalue weighted by Gasteiger charge is -2.11. The van der Waals surface area contributed by atoms with Crippen LogP contribution in [0.4, 0.5) is 5.69 Å². The van der Waals surface area contributed by atoms with Crippen molar-refractivity contribution in [2.75, 3.05) is 16.8 Å². The molecule has 1 saturated heterocycles. The third-order valence-corrected chi connectivity index (χ3v) is 7.08. The van der Waals surface area contributed by atoms with Crippen molar-refractivity contribution in [2.24, 2.45) is 0 Å². The van der Waals surface area contributed by atoms with Crippen molar-refractivity contribution in [1.82, 2.24) is 9.78 Å². The van der Waals surface area contributed by atoms with Crippen molar-refractivity contribution in [2.45, 2.75) is 12.5 Å². The Morgan fingerprint density at radius 3 is 2.70 bits per heavy atom. The Morgan fingerprint density at radius 1 is 1.10 bits per heavy atom. The van der Waals surface area contributed by atoms with Gasteiger partial charge in [0.15, 0.2) is 21.3 Å². The van der Waals surface area contributed by atoms with E-state index >= 15 is 0 Å². The highest BCUT2D eigenvalue weighted by molar-refractivity contribution is 7.91. The Bertz CT molecular complexity index is 1330. The number of hydrogen-bond donors (Lipinski definition) is 1. The number of nitrogens with one attached hydrogen (secondary N) is 1. The molecule has 1 N–H and O–H groups in total. The first-order chi connectivity index (χ1) is 14.5. The molecule has 5 rings (SSSR count). The fraction of sp³-hybridized carbons (Fsp3) is 0.182. The monoisotopic (exact) mass is 421 g/mol. The first kappa shape index (κ1) is 18.6. The Morgan fingerprint density at radius 2 is 1.93 bits per heavy atom. The second-order valence-electron chi connectivity index (χ2n) is 7.37. The molecule has 2 aromatic heterocycles. The van der Waals surface area contributed by atoms with Gasteiger partial charge in [-0.15, -0.1) is 0 Å². The molecular weight excluding hydrogens is 402 g/mol. The Balaban J connectivity index is 1.51. The number of rotatable bonds is 4. The van der Waals surface area contributed by atoms with Crippen molar-refractivity contribution >= 4 is 32.2 Å². The van der Waals surface area contributed by atoms with Gasteiger partial charge in [-0.25, -0.2) is 8.42 Å². The summed E-state index contributed by atoms with van der Waals surface area (Å²) in [5.41, 5.74) is 1.49. The van der Waals surface area contributed by atoms with Crippen LogP contribution in [0.3, 0.4) is 0 Å². The Hall–Kier alpha value is -3.39. The number of nitrogens with zero attached hydrogens (tertiary/aromatic N) is 2. The van der Waals surface area contributed by atoms with Gasteiger partial charge < -0.3 is 9.73 Å². The molecule has 1 aliphatic rings. The zero-order chi connectivity index (χ0) is 20.7. The van der Waals surface area contributed by atoms with Crippen LogP contribution in [0.5, 0.6) is 0 Å². The van der Waals surface area contributed by atoms with Crippen LogP contribution in [0.2, 0.25) is 0 Å². The SMILES string of the molecule is O=C(Nc1cccc2ccccc12)c1cc(-c2ccco2)n(C2CCS(=O)(=O)C2)n1. The van der Waals surface area contributed by atoms with Crippen LogP contribution in [0, 0.1) is 0 Å². The predicted molar refractivity (Wildman–Crippen MR) is 114 cm³/mol. The summed E-state index contributed by atoms with van der Waals surface area (Å²) >= 11 is 0. The van der Waals surface area contributed by atoms with Gasteiger partial charge in [0.1, 0.15) is 5.69 Å². The summed E-state index contributed by atoms with van der Waals surface area (Å²) in [5.74, 6) is 0.300. The van der Waals surface area contributed by atoms with Gasteiger partial charge in [0.25, 0.3) is 5.91 Å². The number of amides is 1. The van der Waals surface area contributed by atoms with E-state index in [0.717, 1.165) is 10.8 Å². The molecule has 152 valence electrons. The molecule has 1 unspecified atom stereocenters. The zero-order valence-corrected chi connectivity index (χ0v) is 16.8. The van der Waals surface area contributed by atoms with Crippen molar-refractivity contribution < 1.29 is 17.6 Å². The quantitative estimate of drug-likeness (QED) is 0.539. The average Bonchev–Trinajstić information content (AvgIpc) is 3.47. The van der Waals surface area contributed by atoms with Crippen LogP contribution in [0.15, 0.2) is 71.3 Å². The van der Waals surface area contributed by atoms with E-state index in [-0.39, 0.29) is 29.1 Å². The zero-order valence-electron chi connectivity index (χ0n) is 16.0. The molecule has 1 amide bonds. The van der Waals surface area contributed by atoms with E-state index in [4.69, 9.17) is 4.42 Å². The number of furan rings is 1. The maximum absolute atomic E-state index is 13.0. The summed E-state index contributed by atoms with van der Waals surface area (Å²) in [4.78, 5) is 13.0. The normalized spacial score (nSPS) is 17.9. The maximum Gasteiger partial charge on any atom is 0.276 e. The number of anilines is 1. The molecule has 0 spiro atoms. The first-order valence-corrected chi connectivity index (χ1v) is 11.5. The van der Waals surface area contributed by atoms with Gasteiger partial charge in [-0.2, -0.15) is 5.10 Å². The van der Waals surface area contributed by atoms with E-state index in [9.17, 15) is 13.2 Å². The fourth-order valence-electron chi connectivity index (χ4n) is 3.88. The molecular formula is C22H19N3O4S. The molecule has 8 heteroatoms. The maximum atomic E-state index is 13.0. The molecule has 1 fully saturated rings. The number of fused-ring (bicyclic) bond motifs is 1. The smallest absolute Gasteiger partial charge is 0.276 e. The number of sulfone groups is 1. The lowest BCUT2D eigenvalue weighted by atomic mass is 10.1. The van der Waals surface area contributed by atoms with E-state index in [2.05, 4.69) is 10.4 Å². The average molecular weight is 421 g/mol. The van der Waals surface area contributed by atoms with E-state index in [0.29, 0.717) is 23.6 Å². The van der Waals surface area contributed by atoms with Crippen molar-refractivity contribution in [3.8, 4) is 11.5 Å². The highest BCUT2D eigenvalue weighted by atomic mass is 32.2. The molecule has 3 heterocycles. The fourth-order valence-corrected chi connectivity index (χ4v) is 5.57. The molecule has 0 bridgehead atoms. The lowest BCUT2D eigenvalue weighted by Crippen LogP contribution is -2.16. The van der Waals surface area contributed by atoms with Crippen molar-refractivity contribution in [1.29, 1.82) is 0 Å². The van der Waals surface area contributed by atoms with Gasteiger partial charge in [-0.05, 0) is 30.0 Å². The van der Waals surface area contributed by atoms with E-state index in [1.165, 1.54) is 6.26 Å². The summed E-state index contributed by atoms with van der Waals surface area (Å²) in [5, 5.41) is 9.35. The van der Waals surface area contributed by atoms with Gasteiger partial charge in [-0.1, -0.05) is 36.4 Å². The summed E-state index contributed by atoms with van der Waals surface area (Å²) in [6.07, 6.45) is 2.00. The summed E-state index contributed by atoms with van der Waals surface area (Å²) in [6, 6.07) is 18.3. The van der Waals surface area contributed by atoms with Gasteiger partial charge >= 0.3 is 0 Å². The van der Waals surface area contributed by atoms with Gasteiger partial charge in [0, 0.05) is 17.1 Å². The molecule has 1 atom stereocenters. The molecule has 0 saturated carbocycles. The predicted octanol–water partition coefficient (Wildman–Crippen LogP) is 3.91. The number of carbonyl (C=O) groups excluding carboxylic acids is 1. The van der Waals surface area contributed by atoms with E-state index in [1.54, 1.807) is 22.9 Å². The molecule has 4 aromatic rings. The minimum Gasteiger partial charge on any atom is -0.463 e. The Labute approximate surface area is 173 Å². The highest BCUT2D eigenvalue weighted by Gasteiger charge is 2.32. The summed E-state index contributed by atoms with van der Waals surface area (Å²) in [7, 11) is -3.11. The molecule has 7 nitrogen and oxygen atoms in total. The molecule has 0 aliphatic carbocycles. The molecule has 0 radical (unpaired) electrons. The van der Waals surface area contributed by atoms with E-state index in [1.807, 2.05) is 42.5 Å². The minimum absolute atomic E-state index is 0.00672. The largest absolute Gasteiger partial charge is 0.463 e. The lowest BCUT2D eigenvalue weighted by molar-refractivity contribution is 0.102. The number of carbonyl (C=O) groups is 1. The van der Waals surface area contributed by atoms with E-state index < -0.39 is 9.84 Å².